The van der Waals surface area contributed by atoms with E-state index < -0.39 is 11.9 Å². The minimum Gasteiger partial charge on any atom is -0.492 e. The van der Waals surface area contributed by atoms with E-state index in [0.29, 0.717) is 31.8 Å². The third kappa shape index (κ3) is 14.5. The number of urea groups is 1. The van der Waals surface area contributed by atoms with Crippen LogP contribution in [-0.4, -0.2) is 84.4 Å². The summed E-state index contributed by atoms with van der Waals surface area (Å²) >= 11 is 0. The number of nitrogens with zero attached hydrogens (tertiary/aromatic N) is 2. The Hall–Kier alpha value is -3.07. The van der Waals surface area contributed by atoms with Gasteiger partial charge in [0.2, 0.25) is 0 Å². The molecule has 1 aromatic carbocycles. The lowest BCUT2D eigenvalue weighted by atomic mass is 10.1. The van der Waals surface area contributed by atoms with Crippen molar-refractivity contribution >= 4 is 18.0 Å². The third-order valence-electron chi connectivity index (χ3n) is 3.88. The number of hydrogen-bond acceptors (Lipinski definition) is 5. The first-order valence-corrected chi connectivity index (χ1v) is 9.96. The second-order valence-electron chi connectivity index (χ2n) is 7.50. The number of aryl methyl sites for hydroxylation is 2. The topological polar surface area (TPSA) is 119 Å². The average Bonchev–Trinajstić information content (AvgIpc) is 2.62. The van der Waals surface area contributed by atoms with E-state index in [1.807, 2.05) is 45.0 Å². The lowest BCUT2D eigenvalue weighted by Gasteiger charge is -2.27. The standard InChI is InChI=1S/C18H31N3O2.C4H4O4/c1-14(2)21(18(22)19-7-8-20(5)6)9-10-23-17-12-15(3)11-16(4)13-17;5-3(6)1-2-4(7)8/h11-14H,7-10H2,1-6H3,(H,19,22);1-2H,(H,5,6)(H,7,8)/b;2-1+. The predicted molar refractivity (Wildman–Crippen MR) is 120 cm³/mol. The van der Waals surface area contributed by atoms with E-state index in [9.17, 15) is 14.4 Å². The SMILES string of the molecule is Cc1cc(C)cc(OCCN(C(=O)NCCN(C)C)C(C)C)c1.O=C(O)/C=C/C(=O)O. The first-order valence-electron chi connectivity index (χ1n) is 9.96. The monoisotopic (exact) mass is 437 g/mol. The van der Waals surface area contributed by atoms with Gasteiger partial charge in [-0.1, -0.05) is 6.07 Å². The predicted octanol–water partition coefficient (Wildman–Crippen LogP) is 2.38. The number of aliphatic carboxylic acids is 2. The minimum atomic E-state index is -1.26. The summed E-state index contributed by atoms with van der Waals surface area (Å²) in [4.78, 5) is 35.2. The van der Waals surface area contributed by atoms with Crippen molar-refractivity contribution in [2.45, 2.75) is 33.7 Å². The van der Waals surface area contributed by atoms with Gasteiger partial charge in [0, 0.05) is 31.3 Å². The molecule has 0 radical (unpaired) electrons. The van der Waals surface area contributed by atoms with Crippen LogP contribution in [0.3, 0.4) is 0 Å². The first-order chi connectivity index (χ1) is 14.4. The number of rotatable bonds is 10. The number of hydrogen-bond donors (Lipinski definition) is 3. The highest BCUT2D eigenvalue weighted by Gasteiger charge is 2.16. The largest absolute Gasteiger partial charge is 0.492 e. The number of benzene rings is 1. The maximum atomic E-state index is 12.3. The third-order valence-corrected chi connectivity index (χ3v) is 3.88. The smallest absolute Gasteiger partial charge is 0.328 e. The van der Waals surface area contributed by atoms with Crippen LogP contribution in [0.25, 0.3) is 0 Å². The number of carbonyl (C=O) groups is 3. The lowest BCUT2D eigenvalue weighted by molar-refractivity contribution is -0.134. The Bertz CT molecular complexity index is 711. The van der Waals surface area contributed by atoms with Crippen molar-refractivity contribution in [1.82, 2.24) is 15.1 Å². The van der Waals surface area contributed by atoms with Crippen molar-refractivity contribution in [3.05, 3.63) is 41.5 Å². The number of carboxylic acids is 2. The molecule has 174 valence electrons. The Morgan fingerprint density at radius 1 is 1.00 bits per heavy atom. The van der Waals surface area contributed by atoms with Gasteiger partial charge in [0.1, 0.15) is 12.4 Å². The molecule has 0 unspecified atom stereocenters. The zero-order chi connectivity index (χ0) is 24.0. The molecular weight excluding hydrogens is 402 g/mol. The van der Waals surface area contributed by atoms with Gasteiger partial charge in [0.25, 0.3) is 0 Å². The maximum Gasteiger partial charge on any atom is 0.328 e. The van der Waals surface area contributed by atoms with Gasteiger partial charge in [-0.05, 0) is 65.0 Å². The average molecular weight is 438 g/mol. The molecule has 0 aliphatic carbocycles. The molecule has 9 nitrogen and oxygen atoms in total. The number of ether oxygens (including phenoxy) is 1. The number of likely N-dealkylation sites (N-methyl/N-ethyl adjacent to an activating group) is 1. The minimum absolute atomic E-state index is 0.0362. The fourth-order valence-corrected chi connectivity index (χ4v) is 2.50. The highest BCUT2D eigenvalue weighted by Crippen LogP contribution is 2.16. The van der Waals surface area contributed by atoms with Gasteiger partial charge in [-0.3, -0.25) is 0 Å². The fraction of sp³-hybridized carbons (Fsp3) is 0.500. The molecule has 2 amide bonds. The van der Waals surface area contributed by atoms with E-state index in [4.69, 9.17) is 14.9 Å². The second kappa shape index (κ2) is 14.8. The molecule has 1 aromatic rings. The normalized spacial score (nSPS) is 10.6. The van der Waals surface area contributed by atoms with Crippen LogP contribution >= 0.6 is 0 Å². The zero-order valence-corrected chi connectivity index (χ0v) is 19.2. The van der Waals surface area contributed by atoms with Gasteiger partial charge in [0.15, 0.2) is 0 Å². The number of nitrogens with one attached hydrogen (secondary N) is 1. The van der Waals surface area contributed by atoms with Crippen LogP contribution in [-0.2, 0) is 9.59 Å². The van der Waals surface area contributed by atoms with Crippen LogP contribution in [0.5, 0.6) is 5.75 Å². The summed E-state index contributed by atoms with van der Waals surface area (Å²) < 4.78 is 5.81. The van der Waals surface area contributed by atoms with Crippen molar-refractivity contribution < 1.29 is 29.3 Å². The van der Waals surface area contributed by atoms with Crippen LogP contribution in [0, 0.1) is 13.8 Å². The van der Waals surface area contributed by atoms with Crippen molar-refractivity contribution in [3.8, 4) is 5.75 Å². The van der Waals surface area contributed by atoms with Gasteiger partial charge in [-0.2, -0.15) is 0 Å². The van der Waals surface area contributed by atoms with Crippen LogP contribution in [0.15, 0.2) is 30.4 Å². The van der Waals surface area contributed by atoms with Crippen molar-refractivity contribution in [3.63, 3.8) is 0 Å². The first kappa shape index (κ1) is 27.9. The molecule has 0 spiro atoms. The second-order valence-corrected chi connectivity index (χ2v) is 7.50. The maximum absolute atomic E-state index is 12.3. The van der Waals surface area contributed by atoms with Gasteiger partial charge < -0.3 is 30.1 Å². The zero-order valence-electron chi connectivity index (χ0n) is 19.2. The van der Waals surface area contributed by atoms with E-state index >= 15 is 0 Å². The molecule has 0 fully saturated rings. The summed E-state index contributed by atoms with van der Waals surface area (Å²) in [5, 5.41) is 18.6. The summed E-state index contributed by atoms with van der Waals surface area (Å²) in [5.41, 5.74) is 2.37. The molecule has 0 atom stereocenters. The molecular formula is C22H35N3O6. The molecule has 0 saturated heterocycles. The van der Waals surface area contributed by atoms with E-state index in [0.717, 1.165) is 12.3 Å². The Kier molecular flexibility index (Phi) is 13.4. The van der Waals surface area contributed by atoms with Crippen LogP contribution in [0.2, 0.25) is 0 Å². The fourth-order valence-electron chi connectivity index (χ4n) is 2.50. The molecule has 0 saturated carbocycles. The quantitative estimate of drug-likeness (QED) is 0.481. The summed E-state index contributed by atoms with van der Waals surface area (Å²) in [5.74, 6) is -1.65. The molecule has 3 N–H and O–H groups in total. The van der Waals surface area contributed by atoms with E-state index in [1.54, 1.807) is 4.90 Å². The molecule has 9 heteroatoms. The van der Waals surface area contributed by atoms with E-state index in [1.165, 1.54) is 11.1 Å². The lowest BCUT2D eigenvalue weighted by Crippen LogP contribution is -2.47. The number of carbonyl (C=O) groups excluding carboxylic acids is 1. The van der Waals surface area contributed by atoms with Gasteiger partial charge in [0.05, 0.1) is 6.54 Å². The Labute approximate surface area is 184 Å². The van der Waals surface area contributed by atoms with Crippen molar-refractivity contribution in [2.24, 2.45) is 0 Å². The molecule has 0 aliphatic heterocycles. The molecule has 0 heterocycles. The van der Waals surface area contributed by atoms with Crippen LogP contribution < -0.4 is 10.1 Å². The number of carboxylic acid groups (broad SMARTS) is 2. The Morgan fingerprint density at radius 2 is 1.52 bits per heavy atom. The molecule has 0 bridgehead atoms. The summed E-state index contributed by atoms with van der Waals surface area (Å²) in [6.07, 6.45) is 1.12. The van der Waals surface area contributed by atoms with E-state index in [-0.39, 0.29) is 12.1 Å². The van der Waals surface area contributed by atoms with Crippen LogP contribution in [0.4, 0.5) is 4.79 Å². The van der Waals surface area contributed by atoms with Crippen LogP contribution in [0.1, 0.15) is 25.0 Å². The molecule has 0 aliphatic rings. The van der Waals surface area contributed by atoms with E-state index in [2.05, 4.69) is 25.2 Å². The van der Waals surface area contributed by atoms with Gasteiger partial charge in [-0.25, -0.2) is 14.4 Å². The summed E-state index contributed by atoms with van der Waals surface area (Å²) in [6.45, 7) is 10.7. The highest BCUT2D eigenvalue weighted by atomic mass is 16.5. The number of amides is 2. The molecule has 1 rings (SSSR count). The van der Waals surface area contributed by atoms with Gasteiger partial charge in [-0.15, -0.1) is 0 Å². The van der Waals surface area contributed by atoms with Gasteiger partial charge >= 0.3 is 18.0 Å². The van der Waals surface area contributed by atoms with Crippen molar-refractivity contribution in [1.29, 1.82) is 0 Å². The Balaban J connectivity index is 0.000000954. The van der Waals surface area contributed by atoms with Crippen molar-refractivity contribution in [2.75, 3.05) is 40.3 Å². The molecule has 0 aromatic heterocycles. The Morgan fingerprint density at radius 3 is 1.94 bits per heavy atom. The molecule has 31 heavy (non-hydrogen) atoms. The highest BCUT2D eigenvalue weighted by molar-refractivity contribution is 5.89. The summed E-state index contributed by atoms with van der Waals surface area (Å²) in [6, 6.07) is 6.25. The summed E-state index contributed by atoms with van der Waals surface area (Å²) in [7, 11) is 3.98.